The fourth-order valence-electron chi connectivity index (χ4n) is 2.42. The highest BCUT2D eigenvalue weighted by atomic mass is 79.9. The molecule has 104 valence electrons. The van der Waals surface area contributed by atoms with E-state index in [2.05, 4.69) is 25.6 Å². The van der Waals surface area contributed by atoms with Crippen molar-refractivity contribution >= 4 is 26.0 Å². The van der Waals surface area contributed by atoms with Gasteiger partial charge in [0.2, 0.25) is 10.0 Å². The van der Waals surface area contributed by atoms with Gasteiger partial charge in [0.25, 0.3) is 0 Å². The van der Waals surface area contributed by atoms with Gasteiger partial charge < -0.3 is 0 Å². The average molecular weight is 353 g/mol. The summed E-state index contributed by atoms with van der Waals surface area (Å²) >= 11 is 3.57. The van der Waals surface area contributed by atoms with Crippen molar-refractivity contribution in [2.45, 2.75) is 22.2 Å². The zero-order chi connectivity index (χ0) is 14.2. The molecule has 0 aliphatic heterocycles. The summed E-state index contributed by atoms with van der Waals surface area (Å²) in [6, 6.07) is 10.8. The topological polar surface area (TPSA) is 59.1 Å². The number of hydrogen-bond donors (Lipinski definition) is 1. The molecular formula is C14H13BrN2O2S. The maximum absolute atomic E-state index is 12.4. The summed E-state index contributed by atoms with van der Waals surface area (Å²) in [5.74, 6) is 0. The molecule has 2 atom stereocenters. The standard InChI is InChI=1S/C14H13BrN2O2S/c15-13-8-10-4-1-2-6-12(10)14(13)17-20(18,19)11-5-3-7-16-9-11/h1-7,9,13-14,17H,8H2. The average Bonchev–Trinajstić information content (AvgIpc) is 2.76. The molecule has 2 unspecified atom stereocenters. The zero-order valence-electron chi connectivity index (χ0n) is 10.5. The Morgan fingerprint density at radius 2 is 2.00 bits per heavy atom. The van der Waals surface area contributed by atoms with Crippen molar-refractivity contribution < 1.29 is 8.42 Å². The van der Waals surface area contributed by atoms with E-state index in [1.807, 2.05) is 24.3 Å². The minimum absolute atomic E-state index is 0.0614. The van der Waals surface area contributed by atoms with Crippen LogP contribution in [-0.2, 0) is 16.4 Å². The lowest BCUT2D eigenvalue weighted by Gasteiger charge is -2.17. The van der Waals surface area contributed by atoms with Crippen LogP contribution in [0.4, 0.5) is 0 Å². The smallest absolute Gasteiger partial charge is 0.242 e. The van der Waals surface area contributed by atoms with Gasteiger partial charge in [-0.3, -0.25) is 4.98 Å². The first-order chi connectivity index (χ1) is 9.58. The molecule has 1 heterocycles. The highest BCUT2D eigenvalue weighted by Gasteiger charge is 2.33. The van der Waals surface area contributed by atoms with Crippen molar-refractivity contribution in [2.75, 3.05) is 0 Å². The second-order valence-corrected chi connectivity index (χ2v) is 7.60. The quantitative estimate of drug-likeness (QED) is 0.863. The van der Waals surface area contributed by atoms with Crippen LogP contribution in [-0.4, -0.2) is 18.2 Å². The third kappa shape index (κ3) is 2.51. The summed E-state index contributed by atoms with van der Waals surface area (Å²) in [6.45, 7) is 0. The summed E-state index contributed by atoms with van der Waals surface area (Å²) in [5, 5.41) is 0. The minimum atomic E-state index is -3.56. The molecule has 6 heteroatoms. The highest BCUT2D eigenvalue weighted by molar-refractivity contribution is 9.09. The summed E-state index contributed by atoms with van der Waals surface area (Å²) < 4.78 is 27.5. The molecular weight excluding hydrogens is 340 g/mol. The van der Waals surface area contributed by atoms with E-state index in [1.165, 1.54) is 11.8 Å². The normalized spacial score (nSPS) is 21.6. The number of pyridine rings is 1. The molecule has 1 aliphatic rings. The number of rotatable bonds is 3. The van der Waals surface area contributed by atoms with Crippen molar-refractivity contribution in [1.29, 1.82) is 0 Å². The van der Waals surface area contributed by atoms with Crippen LogP contribution in [0.1, 0.15) is 17.2 Å². The van der Waals surface area contributed by atoms with Gasteiger partial charge >= 0.3 is 0 Å². The van der Waals surface area contributed by atoms with E-state index in [0.717, 1.165) is 12.0 Å². The van der Waals surface area contributed by atoms with Crippen molar-refractivity contribution in [3.05, 3.63) is 59.9 Å². The van der Waals surface area contributed by atoms with E-state index < -0.39 is 10.0 Å². The lowest BCUT2D eigenvalue weighted by Crippen LogP contribution is -2.31. The van der Waals surface area contributed by atoms with E-state index in [-0.39, 0.29) is 15.8 Å². The van der Waals surface area contributed by atoms with Gasteiger partial charge in [-0.05, 0) is 29.7 Å². The van der Waals surface area contributed by atoms with Crippen LogP contribution in [0.25, 0.3) is 0 Å². The molecule has 0 bridgehead atoms. The molecule has 1 aromatic carbocycles. The maximum atomic E-state index is 12.4. The van der Waals surface area contributed by atoms with Gasteiger partial charge in [-0.25, -0.2) is 13.1 Å². The van der Waals surface area contributed by atoms with E-state index in [4.69, 9.17) is 0 Å². The van der Waals surface area contributed by atoms with Gasteiger partial charge in [-0.1, -0.05) is 40.2 Å². The summed E-state index contributed by atoms with van der Waals surface area (Å²) in [6.07, 6.45) is 3.72. The Bertz CT molecular complexity index is 719. The van der Waals surface area contributed by atoms with Gasteiger partial charge in [0.1, 0.15) is 4.90 Å². The lowest BCUT2D eigenvalue weighted by atomic mass is 10.1. The predicted molar refractivity (Wildman–Crippen MR) is 80.2 cm³/mol. The number of hydrogen-bond acceptors (Lipinski definition) is 3. The molecule has 1 aliphatic carbocycles. The van der Waals surface area contributed by atoms with Crippen LogP contribution in [0.5, 0.6) is 0 Å². The third-order valence-corrected chi connectivity index (χ3v) is 5.67. The maximum Gasteiger partial charge on any atom is 0.242 e. The first kappa shape index (κ1) is 13.7. The van der Waals surface area contributed by atoms with Gasteiger partial charge in [-0.15, -0.1) is 0 Å². The van der Waals surface area contributed by atoms with Crippen LogP contribution in [0, 0.1) is 0 Å². The number of sulfonamides is 1. The van der Waals surface area contributed by atoms with Crippen LogP contribution < -0.4 is 4.72 Å². The van der Waals surface area contributed by atoms with Crippen LogP contribution >= 0.6 is 15.9 Å². The van der Waals surface area contributed by atoms with Gasteiger partial charge in [-0.2, -0.15) is 0 Å². The Balaban J connectivity index is 1.92. The number of nitrogens with one attached hydrogen (secondary N) is 1. The minimum Gasteiger partial charge on any atom is -0.263 e. The summed E-state index contributed by atoms with van der Waals surface area (Å²) in [5.41, 5.74) is 2.20. The summed E-state index contributed by atoms with van der Waals surface area (Å²) in [7, 11) is -3.56. The molecule has 0 saturated carbocycles. The molecule has 0 fully saturated rings. The number of alkyl halides is 1. The van der Waals surface area contributed by atoms with Crippen molar-refractivity contribution in [1.82, 2.24) is 9.71 Å². The van der Waals surface area contributed by atoms with Gasteiger partial charge in [0.05, 0.1) is 6.04 Å². The van der Waals surface area contributed by atoms with Crippen LogP contribution in [0.15, 0.2) is 53.7 Å². The fourth-order valence-corrected chi connectivity index (χ4v) is 4.58. The second kappa shape index (κ2) is 5.27. The van der Waals surface area contributed by atoms with Crippen LogP contribution in [0.2, 0.25) is 0 Å². The predicted octanol–water partition coefficient (Wildman–Crippen LogP) is 2.42. The summed E-state index contributed by atoms with van der Waals surface area (Å²) in [4.78, 5) is 4.10. The molecule has 3 rings (SSSR count). The Kier molecular flexibility index (Phi) is 3.62. The first-order valence-corrected chi connectivity index (χ1v) is 8.62. The number of halogens is 1. The molecule has 0 amide bonds. The van der Waals surface area contributed by atoms with Crippen molar-refractivity contribution in [3.63, 3.8) is 0 Å². The molecule has 1 N–H and O–H groups in total. The molecule has 0 spiro atoms. The van der Waals surface area contributed by atoms with E-state index in [0.29, 0.717) is 0 Å². The number of aromatic nitrogens is 1. The molecule has 0 saturated heterocycles. The molecule has 20 heavy (non-hydrogen) atoms. The zero-order valence-corrected chi connectivity index (χ0v) is 12.9. The Hall–Kier alpha value is -1.24. The molecule has 1 aromatic heterocycles. The Labute approximate surface area is 126 Å². The van der Waals surface area contributed by atoms with Gasteiger partial charge in [0.15, 0.2) is 0 Å². The number of fused-ring (bicyclic) bond motifs is 1. The highest BCUT2D eigenvalue weighted by Crippen LogP contribution is 2.36. The van der Waals surface area contributed by atoms with E-state index in [1.54, 1.807) is 18.3 Å². The largest absolute Gasteiger partial charge is 0.263 e. The van der Waals surface area contributed by atoms with Crippen molar-refractivity contribution in [3.8, 4) is 0 Å². The van der Waals surface area contributed by atoms with E-state index >= 15 is 0 Å². The second-order valence-electron chi connectivity index (χ2n) is 4.71. The van der Waals surface area contributed by atoms with Gasteiger partial charge in [0, 0.05) is 17.2 Å². The molecule has 4 nitrogen and oxygen atoms in total. The van der Waals surface area contributed by atoms with Crippen molar-refractivity contribution in [2.24, 2.45) is 0 Å². The van der Waals surface area contributed by atoms with Crippen LogP contribution in [0.3, 0.4) is 0 Å². The fraction of sp³-hybridized carbons (Fsp3) is 0.214. The van der Waals surface area contributed by atoms with E-state index in [9.17, 15) is 8.42 Å². The number of benzene rings is 1. The number of nitrogens with zero attached hydrogens (tertiary/aromatic N) is 1. The Morgan fingerprint density at radius 3 is 2.75 bits per heavy atom. The SMILES string of the molecule is O=S(=O)(NC1c2ccccc2CC1Br)c1cccnc1. The lowest BCUT2D eigenvalue weighted by molar-refractivity contribution is 0.559. The first-order valence-electron chi connectivity index (χ1n) is 6.22. The molecule has 2 aromatic rings. The third-order valence-electron chi connectivity index (χ3n) is 3.39. The Morgan fingerprint density at radius 1 is 1.20 bits per heavy atom. The monoisotopic (exact) mass is 352 g/mol. The molecule has 0 radical (unpaired) electrons.